The van der Waals surface area contributed by atoms with Crippen LogP contribution in [0.1, 0.15) is 18.4 Å². The number of alkyl halides is 3. The summed E-state index contributed by atoms with van der Waals surface area (Å²) in [4.78, 5) is 4.33. The fraction of sp³-hybridized carbons (Fsp3) is 0.375. The molecule has 0 bridgehead atoms. The highest BCUT2D eigenvalue weighted by Gasteiger charge is 2.40. The van der Waals surface area contributed by atoms with Crippen LogP contribution in [0, 0.1) is 0 Å². The zero-order valence-corrected chi connectivity index (χ0v) is 12.8. The summed E-state index contributed by atoms with van der Waals surface area (Å²) in [7, 11) is 0. The minimum absolute atomic E-state index is 0.0479. The lowest BCUT2D eigenvalue weighted by Gasteiger charge is -2.06. The predicted molar refractivity (Wildman–Crippen MR) is 85.5 cm³/mol. The second-order valence-corrected chi connectivity index (χ2v) is 5.55. The number of fused-ring (bicyclic) bond motifs is 1. The van der Waals surface area contributed by atoms with Crippen LogP contribution in [0.15, 0.2) is 35.2 Å². The van der Waals surface area contributed by atoms with Crippen LogP contribution in [0.3, 0.4) is 0 Å². The lowest BCUT2D eigenvalue weighted by Crippen LogP contribution is -2.23. The van der Waals surface area contributed by atoms with Gasteiger partial charge in [-0.25, -0.2) is 4.98 Å². The molecule has 0 atom stereocenters. The molecule has 0 radical (unpaired) electrons. The number of aliphatic hydroxyl groups excluding tert-OH is 1. The van der Waals surface area contributed by atoms with E-state index in [9.17, 15) is 13.2 Å². The van der Waals surface area contributed by atoms with E-state index in [4.69, 9.17) is 5.11 Å². The molecule has 8 heteroatoms. The SMILES string of the molecule is OCCCCn1cc(C=C2CNN=C2C(F)(F)F)c2cccnc21. The maximum absolute atomic E-state index is 13.0. The summed E-state index contributed by atoms with van der Waals surface area (Å²) >= 11 is 0. The predicted octanol–water partition coefficient (Wildman–Crippen LogP) is 2.71. The lowest BCUT2D eigenvalue weighted by atomic mass is 10.1. The Morgan fingerprint density at radius 3 is 2.92 bits per heavy atom. The van der Waals surface area contributed by atoms with Crippen molar-refractivity contribution in [2.24, 2.45) is 5.10 Å². The Hall–Kier alpha value is -2.35. The molecule has 3 rings (SSSR count). The van der Waals surface area contributed by atoms with Gasteiger partial charge in [-0.05, 0) is 31.1 Å². The van der Waals surface area contributed by atoms with Gasteiger partial charge in [-0.15, -0.1) is 0 Å². The normalized spacial score (nSPS) is 16.7. The van der Waals surface area contributed by atoms with E-state index in [0.29, 0.717) is 18.5 Å². The first-order valence-electron chi connectivity index (χ1n) is 7.64. The van der Waals surface area contributed by atoms with Crippen molar-refractivity contribution in [3.05, 3.63) is 35.7 Å². The van der Waals surface area contributed by atoms with Crippen LogP contribution >= 0.6 is 0 Å². The highest BCUT2D eigenvalue weighted by Crippen LogP contribution is 2.28. The number of hydrogen-bond acceptors (Lipinski definition) is 4. The summed E-state index contributed by atoms with van der Waals surface area (Å²) in [5.74, 6) is 0. The maximum atomic E-state index is 13.0. The van der Waals surface area contributed by atoms with E-state index in [1.807, 2.05) is 10.6 Å². The molecular formula is C16H17F3N4O. The van der Waals surface area contributed by atoms with Gasteiger partial charge in [0.15, 0.2) is 5.71 Å². The van der Waals surface area contributed by atoms with E-state index in [0.717, 1.165) is 17.5 Å². The standard InChI is InChI=1S/C16H17F3N4O/c17-16(18,19)14-11(9-21-22-14)8-12-10-23(6-1-2-7-24)15-13(12)4-3-5-20-15/h3-5,8,10,21,24H,1-2,6-7,9H2. The molecule has 24 heavy (non-hydrogen) atoms. The maximum Gasteiger partial charge on any atom is 0.435 e. The first kappa shape index (κ1) is 16.5. The Kier molecular flexibility index (Phi) is 4.57. The minimum atomic E-state index is -4.48. The molecule has 1 aliphatic rings. The van der Waals surface area contributed by atoms with Crippen molar-refractivity contribution in [1.29, 1.82) is 0 Å². The third-order valence-electron chi connectivity index (χ3n) is 3.83. The van der Waals surface area contributed by atoms with Gasteiger partial charge in [0.2, 0.25) is 0 Å². The van der Waals surface area contributed by atoms with Gasteiger partial charge >= 0.3 is 6.18 Å². The number of nitrogens with one attached hydrogen (secondary N) is 1. The molecule has 0 saturated heterocycles. The topological polar surface area (TPSA) is 62.4 Å². The van der Waals surface area contributed by atoms with Crippen molar-refractivity contribution >= 4 is 22.8 Å². The number of hydrogen-bond donors (Lipinski definition) is 2. The third-order valence-corrected chi connectivity index (χ3v) is 3.83. The number of pyridine rings is 1. The van der Waals surface area contributed by atoms with Crippen LogP contribution in [-0.4, -0.2) is 39.7 Å². The van der Waals surface area contributed by atoms with Gasteiger partial charge in [-0.2, -0.15) is 18.3 Å². The monoisotopic (exact) mass is 338 g/mol. The quantitative estimate of drug-likeness (QED) is 0.824. The number of nitrogens with zero attached hydrogens (tertiary/aromatic N) is 3. The van der Waals surface area contributed by atoms with Gasteiger partial charge in [-0.3, -0.25) is 0 Å². The van der Waals surface area contributed by atoms with Crippen molar-refractivity contribution in [1.82, 2.24) is 15.0 Å². The number of halogens is 3. The van der Waals surface area contributed by atoms with Crippen molar-refractivity contribution in [2.75, 3.05) is 13.2 Å². The van der Waals surface area contributed by atoms with E-state index in [1.165, 1.54) is 6.08 Å². The van der Waals surface area contributed by atoms with Crippen molar-refractivity contribution in [2.45, 2.75) is 25.6 Å². The second kappa shape index (κ2) is 6.64. The molecule has 2 aromatic heterocycles. The van der Waals surface area contributed by atoms with Gasteiger partial charge < -0.3 is 15.1 Å². The van der Waals surface area contributed by atoms with Crippen molar-refractivity contribution in [3.63, 3.8) is 0 Å². The van der Waals surface area contributed by atoms with Gasteiger partial charge in [0.25, 0.3) is 0 Å². The molecule has 128 valence electrons. The molecule has 0 unspecified atom stereocenters. The van der Waals surface area contributed by atoms with Crippen LogP contribution in [0.2, 0.25) is 0 Å². The Morgan fingerprint density at radius 1 is 1.33 bits per heavy atom. The summed E-state index contributed by atoms with van der Waals surface area (Å²) < 4.78 is 40.9. The van der Waals surface area contributed by atoms with E-state index in [2.05, 4.69) is 15.5 Å². The van der Waals surface area contributed by atoms with Crippen LogP contribution in [0.5, 0.6) is 0 Å². The van der Waals surface area contributed by atoms with Crippen LogP contribution < -0.4 is 5.43 Å². The molecule has 2 N–H and O–H groups in total. The number of aromatic nitrogens is 2. The molecule has 3 heterocycles. The summed E-state index contributed by atoms with van der Waals surface area (Å²) in [6, 6.07) is 3.60. The average molecular weight is 338 g/mol. The largest absolute Gasteiger partial charge is 0.435 e. The fourth-order valence-corrected chi connectivity index (χ4v) is 2.74. The average Bonchev–Trinajstić information content (AvgIpc) is 3.14. The Balaban J connectivity index is 1.98. The number of hydrazone groups is 1. The van der Waals surface area contributed by atoms with E-state index >= 15 is 0 Å². The molecule has 0 saturated carbocycles. The van der Waals surface area contributed by atoms with Crippen LogP contribution in [0.25, 0.3) is 17.1 Å². The second-order valence-electron chi connectivity index (χ2n) is 5.55. The van der Waals surface area contributed by atoms with Gasteiger partial charge in [-0.1, -0.05) is 0 Å². The molecule has 2 aromatic rings. The molecule has 1 aliphatic heterocycles. The van der Waals surface area contributed by atoms with Gasteiger partial charge in [0, 0.05) is 42.1 Å². The lowest BCUT2D eigenvalue weighted by molar-refractivity contribution is -0.0580. The minimum Gasteiger partial charge on any atom is -0.396 e. The highest BCUT2D eigenvalue weighted by atomic mass is 19.4. The number of aliphatic hydroxyl groups is 1. The summed E-state index contributed by atoms with van der Waals surface area (Å²) in [5.41, 5.74) is 3.02. The molecule has 0 fully saturated rings. The van der Waals surface area contributed by atoms with E-state index in [1.54, 1.807) is 18.5 Å². The van der Waals surface area contributed by atoms with Gasteiger partial charge in [0.1, 0.15) is 5.65 Å². The fourth-order valence-electron chi connectivity index (χ4n) is 2.74. The van der Waals surface area contributed by atoms with E-state index in [-0.39, 0.29) is 18.7 Å². The zero-order chi connectivity index (χ0) is 17.2. The molecule has 0 spiro atoms. The Bertz CT molecular complexity index is 792. The molecular weight excluding hydrogens is 321 g/mol. The van der Waals surface area contributed by atoms with E-state index < -0.39 is 11.9 Å². The molecule has 0 amide bonds. The van der Waals surface area contributed by atoms with Crippen molar-refractivity contribution < 1.29 is 18.3 Å². The molecule has 5 nitrogen and oxygen atoms in total. The van der Waals surface area contributed by atoms with Crippen LogP contribution in [-0.2, 0) is 6.54 Å². The third kappa shape index (κ3) is 3.28. The summed E-state index contributed by atoms with van der Waals surface area (Å²) in [6.07, 6.45) is 1.92. The summed E-state index contributed by atoms with van der Waals surface area (Å²) in [5, 5.41) is 13.0. The Labute approximate surface area is 136 Å². The van der Waals surface area contributed by atoms with Crippen LogP contribution in [0.4, 0.5) is 13.2 Å². The smallest absolute Gasteiger partial charge is 0.396 e. The molecule has 0 aromatic carbocycles. The first-order valence-corrected chi connectivity index (χ1v) is 7.64. The Morgan fingerprint density at radius 2 is 2.17 bits per heavy atom. The van der Waals surface area contributed by atoms with Gasteiger partial charge in [0.05, 0.1) is 6.54 Å². The first-order chi connectivity index (χ1) is 11.5. The number of unbranched alkanes of at least 4 members (excludes halogenated alkanes) is 1. The molecule has 0 aliphatic carbocycles. The summed E-state index contributed by atoms with van der Waals surface area (Å²) in [6.45, 7) is 0.808. The van der Waals surface area contributed by atoms with Crippen molar-refractivity contribution in [3.8, 4) is 0 Å². The number of rotatable bonds is 5. The zero-order valence-electron chi connectivity index (χ0n) is 12.8. The highest BCUT2D eigenvalue weighted by molar-refractivity contribution is 6.09. The number of aryl methyl sites for hydroxylation is 1.